The van der Waals surface area contributed by atoms with Crippen LogP contribution >= 0.6 is 34.0 Å². The third-order valence-corrected chi connectivity index (χ3v) is 14.1. The molecule has 0 saturated carbocycles. The lowest BCUT2D eigenvalue weighted by molar-refractivity contribution is 0.152. The maximum atomic E-state index is 5.51. The predicted octanol–water partition coefficient (Wildman–Crippen LogP) is 13.1. The van der Waals surface area contributed by atoms with Gasteiger partial charge in [0.05, 0.1) is 0 Å². The molecule has 0 bridgehead atoms. The number of aliphatic imine (C=N–C) groups is 1. The van der Waals surface area contributed by atoms with Gasteiger partial charge in [0.25, 0.3) is 0 Å². The van der Waals surface area contributed by atoms with Gasteiger partial charge >= 0.3 is 0 Å². The average molecular weight is 722 g/mol. The number of hydrogen-bond acceptors (Lipinski definition) is 6. The molecular formula is C46H31N3S3. The highest BCUT2D eigenvalue weighted by Gasteiger charge is 2.32. The molecule has 3 aromatic heterocycles. The zero-order chi connectivity index (χ0) is 34.3. The number of rotatable bonds is 4. The summed E-state index contributed by atoms with van der Waals surface area (Å²) in [4.78, 5) is 7.87. The molecule has 7 aromatic carbocycles. The zero-order valence-electron chi connectivity index (χ0n) is 28.2. The number of amidine groups is 1. The van der Waals surface area contributed by atoms with E-state index in [1.165, 1.54) is 82.8 Å². The van der Waals surface area contributed by atoms with Crippen molar-refractivity contribution in [3.05, 3.63) is 168 Å². The molecule has 2 atom stereocenters. The predicted molar refractivity (Wildman–Crippen MR) is 226 cm³/mol. The third-order valence-electron chi connectivity index (χ3n) is 10.6. The molecule has 1 aliphatic rings. The molecular weight excluding hydrogens is 691 g/mol. The number of thiophene rings is 3. The molecule has 0 fully saturated rings. The topological polar surface area (TPSA) is 27.6 Å². The average Bonchev–Trinajstić information content (AvgIpc) is 3.89. The minimum absolute atomic E-state index is 0.0512. The van der Waals surface area contributed by atoms with Crippen LogP contribution in [0.3, 0.4) is 0 Å². The summed E-state index contributed by atoms with van der Waals surface area (Å²) in [5.41, 5.74) is 6.09. The first-order valence-corrected chi connectivity index (χ1v) is 20.0. The van der Waals surface area contributed by atoms with Gasteiger partial charge in [-0.3, -0.25) is 4.90 Å². The maximum Gasteiger partial charge on any atom is 0.132 e. The van der Waals surface area contributed by atoms with E-state index in [0.29, 0.717) is 0 Å². The molecule has 6 heteroatoms. The van der Waals surface area contributed by atoms with Crippen molar-refractivity contribution in [3.63, 3.8) is 0 Å². The van der Waals surface area contributed by atoms with Gasteiger partial charge in [-0.25, -0.2) is 4.99 Å². The molecule has 0 saturated heterocycles. The number of fused-ring (bicyclic) bond motifs is 9. The van der Waals surface area contributed by atoms with Gasteiger partial charge in [-0.2, -0.15) is 0 Å². The number of nitrogens with zero attached hydrogens (tertiary/aromatic N) is 2. The molecule has 52 heavy (non-hydrogen) atoms. The van der Waals surface area contributed by atoms with Gasteiger partial charge in [-0.15, -0.1) is 34.0 Å². The Morgan fingerprint density at radius 2 is 1.13 bits per heavy atom. The molecule has 0 aliphatic carbocycles. The molecule has 2 unspecified atom stereocenters. The van der Waals surface area contributed by atoms with Crippen LogP contribution in [-0.2, 0) is 0 Å². The second-order valence-electron chi connectivity index (χ2n) is 13.6. The summed E-state index contributed by atoms with van der Waals surface area (Å²) in [6.45, 7) is 0. The second kappa shape index (κ2) is 11.8. The Morgan fingerprint density at radius 3 is 2.00 bits per heavy atom. The van der Waals surface area contributed by atoms with E-state index < -0.39 is 0 Å². The monoisotopic (exact) mass is 721 g/mol. The van der Waals surface area contributed by atoms with Crippen LogP contribution in [-0.4, -0.2) is 17.8 Å². The lowest BCUT2D eigenvalue weighted by Gasteiger charge is -2.39. The summed E-state index contributed by atoms with van der Waals surface area (Å²) in [5.74, 6) is 0.914. The smallest absolute Gasteiger partial charge is 0.132 e. The van der Waals surface area contributed by atoms with Crippen LogP contribution in [0.25, 0.3) is 71.6 Å². The van der Waals surface area contributed by atoms with E-state index in [-0.39, 0.29) is 12.3 Å². The van der Waals surface area contributed by atoms with Gasteiger partial charge in [0.15, 0.2) is 0 Å². The van der Waals surface area contributed by atoms with Crippen LogP contribution in [0.5, 0.6) is 0 Å². The van der Waals surface area contributed by atoms with Gasteiger partial charge in [0.1, 0.15) is 18.2 Å². The lowest BCUT2D eigenvalue weighted by Crippen LogP contribution is -2.45. The number of hydrogen-bond donors (Lipinski definition) is 1. The Hall–Kier alpha value is -5.37. The molecule has 4 heterocycles. The van der Waals surface area contributed by atoms with Crippen molar-refractivity contribution in [2.24, 2.45) is 4.99 Å². The first kappa shape index (κ1) is 30.3. The van der Waals surface area contributed by atoms with Crippen molar-refractivity contribution in [1.82, 2.24) is 10.2 Å². The third kappa shape index (κ3) is 4.69. The normalized spacial score (nSPS) is 16.8. The van der Waals surface area contributed by atoms with Crippen LogP contribution in [0.2, 0.25) is 0 Å². The van der Waals surface area contributed by atoms with E-state index in [2.05, 4.69) is 169 Å². The van der Waals surface area contributed by atoms with Crippen molar-refractivity contribution >= 4 is 100 Å². The lowest BCUT2D eigenvalue weighted by atomic mass is 9.97. The van der Waals surface area contributed by atoms with Gasteiger partial charge in [0.2, 0.25) is 0 Å². The summed E-state index contributed by atoms with van der Waals surface area (Å²) in [6, 6.07) is 55.6. The second-order valence-corrected chi connectivity index (χ2v) is 16.8. The van der Waals surface area contributed by atoms with E-state index >= 15 is 0 Å². The van der Waals surface area contributed by atoms with E-state index in [9.17, 15) is 0 Å². The Balaban J connectivity index is 1.09. The molecule has 1 N–H and O–H groups in total. The van der Waals surface area contributed by atoms with Crippen LogP contribution < -0.4 is 5.32 Å². The summed E-state index contributed by atoms with van der Waals surface area (Å²) >= 11 is 5.62. The number of benzene rings is 7. The first-order chi connectivity index (χ1) is 25.7. The fraction of sp³-hybridized carbons (Fsp3) is 0.0652. The molecule has 0 radical (unpaired) electrons. The minimum Gasteiger partial charge on any atom is -0.350 e. The molecule has 10 aromatic rings. The number of nitrogens with one attached hydrogen (secondary N) is 1. The molecule has 0 amide bonds. The fourth-order valence-electron chi connectivity index (χ4n) is 8.11. The van der Waals surface area contributed by atoms with Crippen molar-refractivity contribution in [3.8, 4) is 11.1 Å². The van der Waals surface area contributed by atoms with Crippen molar-refractivity contribution in [2.75, 3.05) is 7.05 Å². The highest BCUT2D eigenvalue weighted by molar-refractivity contribution is 7.27. The molecule has 3 nitrogen and oxygen atoms in total. The highest BCUT2D eigenvalue weighted by Crippen LogP contribution is 2.46. The summed E-state index contributed by atoms with van der Waals surface area (Å²) in [7, 11) is 2.18. The van der Waals surface area contributed by atoms with E-state index in [4.69, 9.17) is 4.99 Å². The molecule has 1 aliphatic heterocycles. The summed E-state index contributed by atoms with van der Waals surface area (Å²) in [6.07, 6.45) is -0.217. The van der Waals surface area contributed by atoms with E-state index in [1.54, 1.807) is 0 Å². The highest BCUT2D eigenvalue weighted by atomic mass is 32.1. The van der Waals surface area contributed by atoms with Gasteiger partial charge in [-0.1, -0.05) is 103 Å². The van der Waals surface area contributed by atoms with Gasteiger partial charge < -0.3 is 5.32 Å². The summed E-state index contributed by atoms with van der Waals surface area (Å²) < 4.78 is 7.89. The quantitative estimate of drug-likeness (QED) is 0.196. The maximum absolute atomic E-state index is 5.51. The van der Waals surface area contributed by atoms with Crippen LogP contribution in [0.4, 0.5) is 0 Å². The molecule has 248 valence electrons. The standard InChI is InChI=1S/C46H31N3S3/c1-49-45(27-11-3-2-4-12-27)47-44(48-46(49)29-22-24-39-35(26-29)31-14-6-7-18-37(31)50-39)28-21-23-40-36(25-28)42-32(15-10-20-41(42)51-40)34-17-9-16-33-30-13-5-8-19-38(30)52-43(33)34/h2-26,45-46H,1H3,(H,47,48). The van der Waals surface area contributed by atoms with E-state index in [0.717, 1.165) is 11.4 Å². The SMILES string of the molecule is CN1C(c2ccc3sc4ccccc4c3c2)N=C(c2ccc3sc4cccc(-c5cccc6c5sc5ccccc56)c4c3c2)NC1c1ccccc1. The Labute approximate surface area is 312 Å². The Bertz CT molecular complexity index is 3040. The van der Waals surface area contributed by atoms with Crippen LogP contribution in [0, 0.1) is 0 Å². The first-order valence-electron chi connectivity index (χ1n) is 17.6. The zero-order valence-corrected chi connectivity index (χ0v) is 30.7. The Morgan fingerprint density at radius 1 is 0.500 bits per heavy atom. The molecule has 0 spiro atoms. The van der Waals surface area contributed by atoms with Gasteiger partial charge in [0, 0.05) is 71.6 Å². The van der Waals surface area contributed by atoms with Crippen molar-refractivity contribution in [1.29, 1.82) is 0 Å². The minimum atomic E-state index is -0.166. The van der Waals surface area contributed by atoms with Gasteiger partial charge in [-0.05, 0) is 72.3 Å². The largest absolute Gasteiger partial charge is 0.350 e. The molecule has 11 rings (SSSR count). The van der Waals surface area contributed by atoms with Crippen LogP contribution in [0.15, 0.2) is 157 Å². The summed E-state index contributed by atoms with van der Waals surface area (Å²) in [5, 5.41) is 11.7. The fourth-order valence-corrected chi connectivity index (χ4v) is 11.5. The Kier molecular flexibility index (Phi) is 6.89. The van der Waals surface area contributed by atoms with Crippen molar-refractivity contribution < 1.29 is 0 Å². The van der Waals surface area contributed by atoms with E-state index in [1.807, 2.05) is 34.0 Å². The van der Waals surface area contributed by atoms with Crippen molar-refractivity contribution in [2.45, 2.75) is 12.3 Å². The van der Waals surface area contributed by atoms with Crippen LogP contribution in [0.1, 0.15) is 29.0 Å².